The first-order valence-electron chi connectivity index (χ1n) is 5.63. The molecular formula is C12H20Cl2NOSiZr. The third-order valence-electron chi connectivity index (χ3n) is 3.17. The van der Waals surface area contributed by atoms with E-state index in [0.29, 0.717) is 6.61 Å². The van der Waals surface area contributed by atoms with Crippen LogP contribution in [0.1, 0.15) is 27.2 Å². The number of nitrogens with one attached hydrogen (secondary N) is 1. The second kappa shape index (κ2) is 7.08. The fraction of sp³-hybridized carbons (Fsp3) is 0.667. The number of allylic oxidation sites excluding steroid dienone is 3. The average molecular weight is 385 g/mol. The summed E-state index contributed by atoms with van der Waals surface area (Å²) in [5, 5.41) is 15.7. The van der Waals surface area contributed by atoms with Crippen LogP contribution in [0.3, 0.4) is 0 Å². The SMILES string of the molecule is CC(C)(C)NC1=C2C(=[C-]C1)[Si]2(C)CCO.[Cl-].[Cl-].[Zr+3]. The standard InChI is InChI=1S/C12H20NOSi.2ClH.Zr/c1-12(2,3)13-9-5-6-10-11(9)15(10,4)8-7-14;;;/h13-14H,5,7-8H2,1-4H3;2*1H;/q-1;;;+3/p-2. The minimum Gasteiger partial charge on any atom is -1.00 e. The van der Waals surface area contributed by atoms with Crippen LogP contribution in [0.15, 0.2) is 16.1 Å². The Morgan fingerprint density at radius 1 is 1.33 bits per heavy atom. The van der Waals surface area contributed by atoms with Crippen LogP contribution in [0, 0.1) is 6.08 Å². The van der Waals surface area contributed by atoms with Crippen molar-refractivity contribution in [3.8, 4) is 0 Å². The normalized spacial score (nSPS) is 24.2. The molecule has 1 aliphatic heterocycles. The molecule has 1 radical (unpaired) electrons. The zero-order valence-corrected chi connectivity index (χ0v) is 16.3. The van der Waals surface area contributed by atoms with Crippen molar-refractivity contribution in [2.75, 3.05) is 6.61 Å². The molecule has 6 heteroatoms. The molecule has 1 aliphatic carbocycles. The second-order valence-electron chi connectivity index (χ2n) is 5.76. The molecule has 2 rings (SSSR count). The summed E-state index contributed by atoms with van der Waals surface area (Å²) >= 11 is 0. The van der Waals surface area contributed by atoms with Gasteiger partial charge in [-0.1, -0.05) is 18.7 Å². The van der Waals surface area contributed by atoms with Crippen LogP contribution in [0.4, 0.5) is 0 Å². The molecule has 2 nitrogen and oxygen atoms in total. The van der Waals surface area contributed by atoms with Gasteiger partial charge in [0, 0.05) is 12.1 Å². The topological polar surface area (TPSA) is 32.3 Å². The number of aliphatic hydroxyl groups excluding tert-OH is 1. The number of aliphatic hydroxyl groups is 1. The van der Waals surface area contributed by atoms with Crippen LogP contribution in [-0.4, -0.2) is 25.3 Å². The molecule has 0 bridgehead atoms. The van der Waals surface area contributed by atoms with Crippen molar-refractivity contribution < 1.29 is 56.1 Å². The van der Waals surface area contributed by atoms with Crippen molar-refractivity contribution in [1.82, 2.24) is 5.32 Å². The summed E-state index contributed by atoms with van der Waals surface area (Å²) in [6.45, 7) is 9.22. The molecule has 101 valence electrons. The third kappa shape index (κ3) is 3.96. The summed E-state index contributed by atoms with van der Waals surface area (Å²) in [6, 6.07) is 0.972. The molecule has 1 fully saturated rings. The predicted molar refractivity (Wildman–Crippen MR) is 64.8 cm³/mol. The third-order valence-corrected chi connectivity index (χ3v) is 7.33. The van der Waals surface area contributed by atoms with Crippen molar-refractivity contribution in [3.63, 3.8) is 0 Å². The molecule has 0 amide bonds. The molecule has 0 aromatic rings. The molecule has 1 unspecified atom stereocenters. The van der Waals surface area contributed by atoms with Gasteiger partial charge in [0.2, 0.25) is 0 Å². The number of hydrogen-bond donors (Lipinski definition) is 2. The van der Waals surface area contributed by atoms with Crippen molar-refractivity contribution >= 4 is 8.07 Å². The number of fused-ring (bicyclic) bond motifs is 1. The van der Waals surface area contributed by atoms with Crippen LogP contribution in [0.2, 0.25) is 12.6 Å². The number of hydrogen-bond acceptors (Lipinski definition) is 2. The van der Waals surface area contributed by atoms with Crippen molar-refractivity contribution in [3.05, 3.63) is 22.2 Å². The maximum atomic E-state index is 9.07. The molecule has 18 heavy (non-hydrogen) atoms. The summed E-state index contributed by atoms with van der Waals surface area (Å²) in [5.41, 5.74) is 1.51. The van der Waals surface area contributed by atoms with Crippen molar-refractivity contribution in [1.29, 1.82) is 0 Å². The molecule has 2 aliphatic rings. The zero-order valence-electron chi connectivity index (χ0n) is 11.3. The smallest absolute Gasteiger partial charge is 1.00 e. The quantitative estimate of drug-likeness (QED) is 0.383. The van der Waals surface area contributed by atoms with Crippen LogP contribution in [0.5, 0.6) is 0 Å². The Labute approximate surface area is 143 Å². The van der Waals surface area contributed by atoms with Gasteiger partial charge >= 0.3 is 26.2 Å². The summed E-state index contributed by atoms with van der Waals surface area (Å²) in [4.78, 5) is 0. The largest absolute Gasteiger partial charge is 3.00 e. The summed E-state index contributed by atoms with van der Waals surface area (Å²) in [6.07, 6.45) is 4.43. The zero-order chi connectivity index (χ0) is 11.3. The van der Waals surface area contributed by atoms with E-state index in [2.05, 4.69) is 38.7 Å². The monoisotopic (exact) mass is 382 g/mol. The molecule has 1 heterocycles. The van der Waals surface area contributed by atoms with Gasteiger partial charge in [-0.3, -0.25) is 6.08 Å². The Balaban J connectivity index is 0. The first-order valence-corrected chi connectivity index (χ1v) is 8.33. The van der Waals surface area contributed by atoms with E-state index in [1.54, 1.807) is 5.20 Å². The average Bonchev–Trinajstić information content (AvgIpc) is 2.47. The maximum Gasteiger partial charge on any atom is 3.00 e. The van der Waals surface area contributed by atoms with E-state index in [4.69, 9.17) is 5.11 Å². The van der Waals surface area contributed by atoms with Gasteiger partial charge in [0.25, 0.3) is 0 Å². The molecule has 0 saturated carbocycles. The summed E-state index contributed by atoms with van der Waals surface area (Å²) in [7, 11) is -1.34. The Bertz CT molecular complexity index is 366. The van der Waals surface area contributed by atoms with E-state index in [1.165, 1.54) is 10.9 Å². The van der Waals surface area contributed by atoms with Crippen LogP contribution < -0.4 is 30.1 Å². The van der Waals surface area contributed by atoms with E-state index in [9.17, 15) is 0 Å². The fourth-order valence-electron chi connectivity index (χ4n) is 2.48. The van der Waals surface area contributed by atoms with Gasteiger partial charge in [-0.2, -0.15) is 5.20 Å². The van der Waals surface area contributed by atoms with Gasteiger partial charge in [-0.05, 0) is 34.9 Å². The first kappa shape index (κ1) is 21.2. The van der Waals surface area contributed by atoms with Gasteiger partial charge in [0.05, 0.1) is 0 Å². The summed E-state index contributed by atoms with van der Waals surface area (Å²) < 4.78 is 0. The Hall–Kier alpha value is 0.920. The minimum atomic E-state index is -1.34. The van der Waals surface area contributed by atoms with Gasteiger partial charge in [0.15, 0.2) is 0 Å². The van der Waals surface area contributed by atoms with Crippen molar-refractivity contribution in [2.24, 2.45) is 0 Å². The van der Waals surface area contributed by atoms with Crippen LogP contribution in [-0.2, 0) is 26.2 Å². The summed E-state index contributed by atoms with van der Waals surface area (Å²) in [5.74, 6) is 0. The van der Waals surface area contributed by atoms with Gasteiger partial charge in [-0.15, -0.1) is 0 Å². The minimum absolute atomic E-state index is 0. The molecule has 0 spiro atoms. The first-order chi connectivity index (χ1) is 6.88. The van der Waals surface area contributed by atoms with E-state index < -0.39 is 8.07 Å². The molecule has 2 N–H and O–H groups in total. The van der Waals surface area contributed by atoms with E-state index in [1.807, 2.05) is 0 Å². The van der Waals surface area contributed by atoms with Crippen LogP contribution >= 0.6 is 0 Å². The number of halogens is 2. The Morgan fingerprint density at radius 2 is 1.89 bits per heavy atom. The molecular weight excluding hydrogens is 364 g/mol. The maximum absolute atomic E-state index is 9.07. The van der Waals surface area contributed by atoms with Gasteiger partial charge < -0.3 is 35.2 Å². The predicted octanol–water partition coefficient (Wildman–Crippen LogP) is -4.07. The van der Waals surface area contributed by atoms with E-state index in [-0.39, 0.29) is 56.6 Å². The second-order valence-corrected chi connectivity index (χ2v) is 9.93. The van der Waals surface area contributed by atoms with E-state index >= 15 is 0 Å². The molecule has 1 atom stereocenters. The van der Waals surface area contributed by atoms with Crippen molar-refractivity contribution in [2.45, 2.75) is 45.3 Å². The van der Waals surface area contributed by atoms with Gasteiger partial charge in [-0.25, -0.2) is 5.20 Å². The Kier molecular flexibility index (Phi) is 8.35. The number of rotatable bonds is 3. The molecule has 0 aromatic heterocycles. The molecule has 0 aromatic carbocycles. The van der Waals surface area contributed by atoms with Gasteiger partial charge in [0.1, 0.15) is 0 Å². The van der Waals surface area contributed by atoms with E-state index in [0.717, 1.165) is 12.5 Å². The molecule has 1 saturated heterocycles. The Morgan fingerprint density at radius 3 is 2.33 bits per heavy atom. The fourth-order valence-corrected chi connectivity index (χ4v) is 6.43. The van der Waals surface area contributed by atoms with Crippen LogP contribution in [0.25, 0.3) is 0 Å².